The van der Waals surface area contributed by atoms with Crippen molar-refractivity contribution in [3.63, 3.8) is 0 Å². The molecular formula is C17H25N3O5S. The number of carbonyl (C=O) groups is 2. The summed E-state index contributed by atoms with van der Waals surface area (Å²) in [6, 6.07) is 5.00. The van der Waals surface area contributed by atoms with Gasteiger partial charge in [0, 0.05) is 32.9 Å². The highest BCUT2D eigenvalue weighted by molar-refractivity contribution is 7.86. The average Bonchev–Trinajstić information content (AvgIpc) is 2.62. The van der Waals surface area contributed by atoms with Crippen LogP contribution >= 0.6 is 0 Å². The number of amides is 1. The van der Waals surface area contributed by atoms with Crippen molar-refractivity contribution in [3.8, 4) is 0 Å². The molecule has 0 saturated carbocycles. The Hall–Kier alpha value is -1.97. The minimum absolute atomic E-state index is 0.141. The molecule has 0 aromatic heterocycles. The van der Waals surface area contributed by atoms with Gasteiger partial charge in [-0.25, -0.2) is 4.79 Å². The molecule has 0 aliphatic carbocycles. The molecule has 1 aromatic carbocycles. The number of nitrogens with zero attached hydrogens (tertiary/aromatic N) is 2. The van der Waals surface area contributed by atoms with Gasteiger partial charge in [0.05, 0.1) is 18.6 Å². The zero-order chi connectivity index (χ0) is 19.5. The lowest BCUT2D eigenvalue weighted by molar-refractivity contribution is -0.120. The van der Waals surface area contributed by atoms with Crippen molar-refractivity contribution in [1.82, 2.24) is 8.61 Å². The number of piperidine rings is 1. The van der Waals surface area contributed by atoms with Crippen molar-refractivity contribution >= 4 is 27.8 Å². The summed E-state index contributed by atoms with van der Waals surface area (Å²) in [5.41, 5.74) is 1.51. The molecular weight excluding hydrogens is 358 g/mol. The van der Waals surface area contributed by atoms with E-state index in [-0.39, 0.29) is 12.5 Å². The fraction of sp³-hybridized carbons (Fsp3) is 0.529. The van der Waals surface area contributed by atoms with Crippen LogP contribution in [0, 0.1) is 12.8 Å². The molecule has 0 spiro atoms. The molecule has 1 aliphatic rings. The number of benzene rings is 1. The topological polar surface area (TPSA) is 96.0 Å². The monoisotopic (exact) mass is 383 g/mol. The minimum Gasteiger partial charge on any atom is -0.465 e. The third-order valence-electron chi connectivity index (χ3n) is 4.54. The van der Waals surface area contributed by atoms with Crippen molar-refractivity contribution in [2.24, 2.45) is 5.92 Å². The molecule has 1 saturated heterocycles. The smallest absolute Gasteiger partial charge is 0.338 e. The van der Waals surface area contributed by atoms with E-state index < -0.39 is 22.1 Å². The number of hydrogen-bond donors (Lipinski definition) is 1. The maximum atomic E-state index is 12.7. The van der Waals surface area contributed by atoms with Crippen molar-refractivity contribution < 1.29 is 22.7 Å². The maximum absolute atomic E-state index is 12.7. The van der Waals surface area contributed by atoms with Crippen LogP contribution in [0.15, 0.2) is 18.2 Å². The van der Waals surface area contributed by atoms with E-state index in [4.69, 9.17) is 4.74 Å². The Bertz CT molecular complexity index is 792. The molecule has 0 radical (unpaired) electrons. The van der Waals surface area contributed by atoms with Crippen molar-refractivity contribution in [2.45, 2.75) is 19.8 Å². The van der Waals surface area contributed by atoms with E-state index in [9.17, 15) is 18.0 Å². The van der Waals surface area contributed by atoms with Crippen LogP contribution in [0.2, 0.25) is 0 Å². The molecule has 1 heterocycles. The highest BCUT2D eigenvalue weighted by atomic mass is 32.2. The third-order valence-corrected chi connectivity index (χ3v) is 6.45. The van der Waals surface area contributed by atoms with Crippen LogP contribution in [0.1, 0.15) is 28.8 Å². The Balaban J connectivity index is 2.14. The number of esters is 1. The Kier molecular flexibility index (Phi) is 6.38. The molecule has 0 bridgehead atoms. The average molecular weight is 383 g/mol. The second kappa shape index (κ2) is 8.15. The molecule has 9 heteroatoms. The van der Waals surface area contributed by atoms with Crippen LogP contribution in [0.25, 0.3) is 0 Å². The quantitative estimate of drug-likeness (QED) is 0.772. The summed E-state index contributed by atoms with van der Waals surface area (Å²) in [4.78, 5) is 24.4. The largest absolute Gasteiger partial charge is 0.465 e. The van der Waals surface area contributed by atoms with E-state index in [0.717, 1.165) is 4.31 Å². The number of rotatable bonds is 5. The van der Waals surface area contributed by atoms with E-state index in [1.54, 1.807) is 25.1 Å². The van der Waals surface area contributed by atoms with E-state index in [2.05, 4.69) is 5.32 Å². The summed E-state index contributed by atoms with van der Waals surface area (Å²) < 4.78 is 31.8. The fourth-order valence-corrected chi connectivity index (χ4v) is 4.12. The lowest BCUT2D eigenvalue weighted by Crippen LogP contribution is -2.47. The van der Waals surface area contributed by atoms with Gasteiger partial charge in [-0.3, -0.25) is 4.79 Å². The van der Waals surface area contributed by atoms with Crippen LogP contribution in [-0.2, 0) is 19.7 Å². The molecule has 8 nitrogen and oxygen atoms in total. The maximum Gasteiger partial charge on any atom is 0.338 e. The van der Waals surface area contributed by atoms with Gasteiger partial charge < -0.3 is 10.1 Å². The fourth-order valence-electron chi connectivity index (χ4n) is 2.93. The van der Waals surface area contributed by atoms with Crippen molar-refractivity contribution in [1.29, 1.82) is 0 Å². The Morgan fingerprint density at radius 1 is 1.31 bits per heavy atom. The van der Waals surface area contributed by atoms with Crippen molar-refractivity contribution in [3.05, 3.63) is 29.3 Å². The van der Waals surface area contributed by atoms with Gasteiger partial charge in [-0.05, 0) is 37.5 Å². The molecule has 1 amide bonds. The van der Waals surface area contributed by atoms with Crippen LogP contribution in [-0.4, -0.2) is 63.2 Å². The Labute approximate surface area is 154 Å². The van der Waals surface area contributed by atoms with Gasteiger partial charge >= 0.3 is 5.97 Å². The second-order valence-corrected chi connectivity index (χ2v) is 8.59. The Morgan fingerprint density at radius 3 is 2.62 bits per heavy atom. The summed E-state index contributed by atoms with van der Waals surface area (Å²) in [5, 5.41) is 2.82. The zero-order valence-corrected chi connectivity index (χ0v) is 16.3. The number of nitrogens with one attached hydrogen (secondary N) is 1. The number of carbonyl (C=O) groups excluding carboxylic acids is 2. The molecule has 1 aromatic rings. The number of ether oxygens (including phenoxy) is 1. The van der Waals surface area contributed by atoms with Crippen LogP contribution < -0.4 is 5.32 Å². The van der Waals surface area contributed by atoms with Crippen LogP contribution in [0.5, 0.6) is 0 Å². The summed E-state index contributed by atoms with van der Waals surface area (Å²) in [6.07, 6.45) is 1.23. The zero-order valence-electron chi connectivity index (χ0n) is 15.5. The first-order valence-corrected chi connectivity index (χ1v) is 9.74. The SMILES string of the molecule is COC(=O)c1cccc(NC(=O)C2CCCN(S(=O)(=O)N(C)C)C2)c1C. The highest BCUT2D eigenvalue weighted by Crippen LogP contribution is 2.24. The molecule has 26 heavy (non-hydrogen) atoms. The van der Waals surface area contributed by atoms with Gasteiger partial charge in [-0.2, -0.15) is 17.0 Å². The van der Waals surface area contributed by atoms with Gasteiger partial charge in [0.2, 0.25) is 5.91 Å². The second-order valence-electron chi connectivity index (χ2n) is 6.45. The Morgan fingerprint density at radius 2 is 2.00 bits per heavy atom. The number of methoxy groups -OCH3 is 1. The summed E-state index contributed by atoms with van der Waals surface area (Å²) >= 11 is 0. The van der Waals surface area contributed by atoms with Crippen LogP contribution in [0.3, 0.4) is 0 Å². The van der Waals surface area contributed by atoms with E-state index in [1.165, 1.54) is 25.5 Å². The molecule has 2 rings (SSSR count). The summed E-state index contributed by atoms with van der Waals surface area (Å²) in [7, 11) is 0.703. The minimum atomic E-state index is -3.54. The summed E-state index contributed by atoms with van der Waals surface area (Å²) in [6.45, 7) is 2.27. The number of anilines is 1. The normalized spacial score (nSPS) is 18.6. The third kappa shape index (κ3) is 4.22. The van der Waals surface area contributed by atoms with E-state index in [0.29, 0.717) is 36.2 Å². The van der Waals surface area contributed by atoms with Gasteiger partial charge in [0.15, 0.2) is 0 Å². The van der Waals surface area contributed by atoms with Gasteiger partial charge in [0.25, 0.3) is 10.2 Å². The van der Waals surface area contributed by atoms with E-state index in [1.807, 2.05) is 0 Å². The lowest BCUT2D eigenvalue weighted by Gasteiger charge is -2.32. The highest BCUT2D eigenvalue weighted by Gasteiger charge is 2.33. The predicted octanol–water partition coefficient (Wildman–Crippen LogP) is 1.24. The first-order chi connectivity index (χ1) is 12.2. The first-order valence-electron chi connectivity index (χ1n) is 8.35. The number of hydrogen-bond acceptors (Lipinski definition) is 5. The van der Waals surface area contributed by atoms with Crippen molar-refractivity contribution in [2.75, 3.05) is 39.6 Å². The van der Waals surface area contributed by atoms with E-state index >= 15 is 0 Å². The lowest BCUT2D eigenvalue weighted by atomic mass is 9.98. The first kappa shape index (κ1) is 20.3. The van der Waals surface area contributed by atoms with Gasteiger partial charge in [-0.15, -0.1) is 0 Å². The predicted molar refractivity (Wildman–Crippen MR) is 98.1 cm³/mol. The molecule has 1 atom stereocenters. The molecule has 1 aliphatic heterocycles. The molecule has 1 fully saturated rings. The van der Waals surface area contributed by atoms with Crippen LogP contribution in [0.4, 0.5) is 5.69 Å². The molecule has 144 valence electrons. The standard InChI is InChI=1S/C17H25N3O5S/c1-12-14(17(22)25-4)8-5-9-15(12)18-16(21)13-7-6-10-20(11-13)26(23,24)19(2)3/h5,8-9,13H,6-7,10-11H2,1-4H3,(H,18,21). The summed E-state index contributed by atoms with van der Waals surface area (Å²) in [5.74, 6) is -1.17. The molecule has 1 unspecified atom stereocenters. The van der Waals surface area contributed by atoms with Gasteiger partial charge in [-0.1, -0.05) is 6.07 Å². The van der Waals surface area contributed by atoms with Gasteiger partial charge in [0.1, 0.15) is 0 Å². The molecule has 1 N–H and O–H groups in total.